The van der Waals surface area contributed by atoms with Gasteiger partial charge in [-0.15, -0.1) is 0 Å². The van der Waals surface area contributed by atoms with E-state index in [1.165, 1.54) is 98.4 Å². The van der Waals surface area contributed by atoms with Gasteiger partial charge < -0.3 is 0 Å². The minimum atomic E-state index is -0.0328. The summed E-state index contributed by atoms with van der Waals surface area (Å²) in [4.78, 5) is 0. The molecule has 9 aromatic rings. The van der Waals surface area contributed by atoms with Crippen LogP contribution in [0.2, 0.25) is 0 Å². The van der Waals surface area contributed by atoms with Crippen LogP contribution in [0, 0.1) is 0 Å². The van der Waals surface area contributed by atoms with E-state index < -0.39 is 0 Å². The Hall–Kier alpha value is -6.24. The van der Waals surface area contributed by atoms with Crippen molar-refractivity contribution in [3.8, 4) is 33.4 Å². The molecule has 0 spiro atoms. The van der Waals surface area contributed by atoms with E-state index in [1.807, 2.05) is 12.2 Å². The molecule has 0 radical (unpaired) electrons. The Balaban J connectivity index is 1.12. The first-order chi connectivity index (χ1) is 24.9. The molecule has 0 fully saturated rings. The summed E-state index contributed by atoms with van der Waals surface area (Å²) in [5.74, 6) is 0. The van der Waals surface area contributed by atoms with Crippen LogP contribution in [0.5, 0.6) is 0 Å². The first-order valence-corrected chi connectivity index (χ1v) is 17.8. The maximum atomic E-state index is 4.03. The van der Waals surface area contributed by atoms with Crippen LogP contribution in [0.1, 0.15) is 36.1 Å². The molecule has 0 aromatic heterocycles. The van der Waals surface area contributed by atoms with Crippen molar-refractivity contribution in [1.82, 2.24) is 0 Å². The molecular weight excluding hydrogens is 613 g/mol. The minimum Gasteiger partial charge on any atom is -0.0984 e. The zero-order chi connectivity index (χ0) is 34.4. The molecule has 0 amide bonds. The van der Waals surface area contributed by atoms with Gasteiger partial charge in [-0.25, -0.2) is 0 Å². The smallest absolute Gasteiger partial charge is 0.0159 e. The highest BCUT2D eigenvalue weighted by Crippen LogP contribution is 2.50. The van der Waals surface area contributed by atoms with Crippen molar-refractivity contribution >= 4 is 66.0 Å². The monoisotopic (exact) mass is 648 g/mol. The maximum absolute atomic E-state index is 4.03. The molecule has 0 saturated carbocycles. The normalized spacial score (nSPS) is 13.2. The highest BCUT2D eigenvalue weighted by atomic mass is 14.4. The fourth-order valence-electron chi connectivity index (χ4n) is 8.77. The third-order valence-corrected chi connectivity index (χ3v) is 11.6. The lowest BCUT2D eigenvalue weighted by Gasteiger charge is -2.22. The minimum absolute atomic E-state index is 0.0328. The SMILES string of the molecule is C=Cc1ccc(-c2ccc3ccc4c5cc(-c6ccc7ccc8cc9c(cc8c7c6)C(C)(C)c6ccccc6-9)ccc5ccc4c3c2)cc1C=C. The number of fused-ring (bicyclic) bond motifs is 11. The van der Waals surface area contributed by atoms with Crippen LogP contribution in [0.4, 0.5) is 0 Å². The molecule has 0 bridgehead atoms. The largest absolute Gasteiger partial charge is 0.0984 e. The zero-order valence-corrected chi connectivity index (χ0v) is 28.9. The highest BCUT2D eigenvalue weighted by Gasteiger charge is 2.35. The first-order valence-electron chi connectivity index (χ1n) is 17.8. The van der Waals surface area contributed by atoms with E-state index in [0.717, 1.165) is 11.1 Å². The van der Waals surface area contributed by atoms with E-state index in [4.69, 9.17) is 0 Å². The molecule has 0 heterocycles. The van der Waals surface area contributed by atoms with Crippen LogP contribution in [0.25, 0.3) is 99.4 Å². The third kappa shape index (κ3) is 4.40. The Morgan fingerprint density at radius 2 is 0.843 bits per heavy atom. The van der Waals surface area contributed by atoms with Gasteiger partial charge in [0.2, 0.25) is 0 Å². The molecule has 10 rings (SSSR count). The van der Waals surface area contributed by atoms with Crippen molar-refractivity contribution in [3.05, 3.63) is 181 Å². The number of rotatable bonds is 4. The lowest BCUT2D eigenvalue weighted by Crippen LogP contribution is -2.14. The second kappa shape index (κ2) is 10.9. The van der Waals surface area contributed by atoms with Crippen molar-refractivity contribution in [2.75, 3.05) is 0 Å². The van der Waals surface area contributed by atoms with Crippen LogP contribution in [-0.4, -0.2) is 0 Å². The van der Waals surface area contributed by atoms with Gasteiger partial charge in [0.25, 0.3) is 0 Å². The summed E-state index contributed by atoms with van der Waals surface area (Å²) in [6, 6.07) is 54.7. The van der Waals surface area contributed by atoms with Crippen molar-refractivity contribution in [3.63, 3.8) is 0 Å². The predicted octanol–water partition coefficient (Wildman–Crippen LogP) is 14.4. The lowest BCUT2D eigenvalue weighted by molar-refractivity contribution is 0.661. The summed E-state index contributed by atoms with van der Waals surface area (Å²) in [6.45, 7) is 12.7. The summed E-state index contributed by atoms with van der Waals surface area (Å²) in [6.07, 6.45) is 3.80. The topological polar surface area (TPSA) is 0 Å². The summed E-state index contributed by atoms with van der Waals surface area (Å²) in [7, 11) is 0. The van der Waals surface area contributed by atoms with E-state index in [9.17, 15) is 0 Å². The lowest BCUT2D eigenvalue weighted by atomic mass is 9.81. The molecule has 0 atom stereocenters. The molecule has 0 saturated heterocycles. The standard InChI is InChI=1S/C51H36/c1-5-31-11-16-36(25-32(31)6-2)37-17-13-34-21-24-42-41(44(34)26-37)23-22-35-14-19-38(27-45(35)42)39-18-12-33-15-20-40-29-48-43-9-7-8-10-49(43)51(3,4)50(48)30-47(40)46(33)28-39/h5-30H,1-2H2,3-4H3. The molecule has 1 aliphatic rings. The van der Waals surface area contributed by atoms with Crippen LogP contribution in [0.3, 0.4) is 0 Å². The Bertz CT molecular complexity index is 2970. The molecule has 0 unspecified atom stereocenters. The van der Waals surface area contributed by atoms with Gasteiger partial charge in [-0.3, -0.25) is 0 Å². The van der Waals surface area contributed by atoms with Gasteiger partial charge >= 0.3 is 0 Å². The van der Waals surface area contributed by atoms with Crippen LogP contribution in [0.15, 0.2) is 159 Å². The van der Waals surface area contributed by atoms with E-state index in [-0.39, 0.29) is 5.41 Å². The average Bonchev–Trinajstić information content (AvgIpc) is 3.40. The fraction of sp³-hybridized carbons (Fsp3) is 0.0588. The van der Waals surface area contributed by atoms with E-state index in [0.29, 0.717) is 0 Å². The number of hydrogen-bond acceptors (Lipinski definition) is 0. The molecule has 0 heteroatoms. The summed E-state index contributed by atoms with van der Waals surface area (Å²) >= 11 is 0. The molecule has 240 valence electrons. The summed E-state index contributed by atoms with van der Waals surface area (Å²) < 4.78 is 0. The van der Waals surface area contributed by atoms with Crippen LogP contribution < -0.4 is 0 Å². The Kier molecular flexibility index (Phi) is 6.33. The molecular formula is C51H36. The van der Waals surface area contributed by atoms with Crippen LogP contribution in [-0.2, 0) is 5.41 Å². The maximum Gasteiger partial charge on any atom is 0.0159 e. The van der Waals surface area contributed by atoms with Gasteiger partial charge in [0.05, 0.1) is 0 Å². The van der Waals surface area contributed by atoms with Gasteiger partial charge in [0.1, 0.15) is 0 Å². The average molecular weight is 649 g/mol. The van der Waals surface area contributed by atoms with Crippen molar-refractivity contribution < 1.29 is 0 Å². The highest BCUT2D eigenvalue weighted by molar-refractivity contribution is 6.18. The molecule has 9 aromatic carbocycles. The van der Waals surface area contributed by atoms with Crippen molar-refractivity contribution in [2.45, 2.75) is 19.3 Å². The summed E-state index contributed by atoms with van der Waals surface area (Å²) in [5.41, 5.74) is 12.6. The van der Waals surface area contributed by atoms with E-state index >= 15 is 0 Å². The van der Waals surface area contributed by atoms with Gasteiger partial charge in [0, 0.05) is 5.41 Å². The number of hydrogen-bond donors (Lipinski definition) is 0. The molecule has 0 aliphatic heterocycles. The van der Waals surface area contributed by atoms with E-state index in [1.54, 1.807) is 0 Å². The predicted molar refractivity (Wildman–Crippen MR) is 223 cm³/mol. The Morgan fingerprint density at radius 3 is 1.45 bits per heavy atom. The Morgan fingerprint density at radius 1 is 0.373 bits per heavy atom. The van der Waals surface area contributed by atoms with Crippen molar-refractivity contribution in [1.29, 1.82) is 0 Å². The van der Waals surface area contributed by atoms with Gasteiger partial charge in [-0.2, -0.15) is 0 Å². The van der Waals surface area contributed by atoms with Gasteiger partial charge in [-0.05, 0) is 146 Å². The third-order valence-electron chi connectivity index (χ3n) is 11.6. The first kappa shape index (κ1) is 29.7. The van der Waals surface area contributed by atoms with Crippen LogP contribution >= 0.6 is 0 Å². The molecule has 0 nitrogen and oxygen atoms in total. The summed E-state index contributed by atoms with van der Waals surface area (Å²) in [5, 5.41) is 12.8. The van der Waals surface area contributed by atoms with Gasteiger partial charge in [-0.1, -0.05) is 148 Å². The zero-order valence-electron chi connectivity index (χ0n) is 28.9. The Labute approximate surface area is 298 Å². The molecule has 51 heavy (non-hydrogen) atoms. The second-order valence-corrected chi connectivity index (χ2v) is 14.6. The second-order valence-electron chi connectivity index (χ2n) is 14.6. The van der Waals surface area contributed by atoms with Gasteiger partial charge in [0.15, 0.2) is 0 Å². The van der Waals surface area contributed by atoms with E-state index in [2.05, 4.69) is 173 Å². The molecule has 0 N–H and O–H groups in total. The quantitative estimate of drug-likeness (QED) is 0.167. The van der Waals surface area contributed by atoms with Crippen molar-refractivity contribution in [2.24, 2.45) is 0 Å². The molecule has 1 aliphatic carbocycles. The number of benzene rings is 9. The fourth-order valence-corrected chi connectivity index (χ4v) is 8.77.